The Kier molecular flexibility index (Phi) is 5.97. The highest BCUT2D eigenvalue weighted by Crippen LogP contribution is 2.26. The monoisotopic (exact) mass is 398 g/mol. The Hall–Kier alpha value is -3.20. The van der Waals surface area contributed by atoms with Crippen molar-refractivity contribution in [2.45, 2.75) is 33.3 Å². The van der Waals surface area contributed by atoms with Crippen LogP contribution in [0.4, 0.5) is 10.6 Å². The van der Waals surface area contributed by atoms with Gasteiger partial charge >= 0.3 is 6.09 Å². The Morgan fingerprint density at radius 2 is 2.03 bits per heavy atom. The first-order valence-electron chi connectivity index (χ1n) is 9.36. The fourth-order valence-electron chi connectivity index (χ4n) is 2.66. The number of aryl methyl sites for hydroxylation is 1. The molecule has 0 atom stereocenters. The van der Waals surface area contributed by atoms with E-state index < -0.39 is 11.7 Å². The molecule has 0 aliphatic carbocycles. The summed E-state index contributed by atoms with van der Waals surface area (Å²) in [6.07, 6.45) is 1.32. The molecule has 2 N–H and O–H groups in total. The highest BCUT2D eigenvalue weighted by molar-refractivity contribution is 5.94. The fourth-order valence-corrected chi connectivity index (χ4v) is 2.66. The molecule has 2 aromatic heterocycles. The van der Waals surface area contributed by atoms with Gasteiger partial charge in [-0.2, -0.15) is 4.98 Å². The molecule has 2 heterocycles. The van der Waals surface area contributed by atoms with E-state index >= 15 is 0 Å². The van der Waals surface area contributed by atoms with Gasteiger partial charge < -0.3 is 14.6 Å². The van der Waals surface area contributed by atoms with Crippen molar-refractivity contribution in [1.82, 2.24) is 25.6 Å². The van der Waals surface area contributed by atoms with Crippen molar-refractivity contribution in [3.8, 4) is 11.4 Å². The van der Waals surface area contributed by atoms with E-state index in [0.29, 0.717) is 24.8 Å². The lowest BCUT2D eigenvalue weighted by atomic mass is 10.1. The van der Waals surface area contributed by atoms with Gasteiger partial charge in [-0.25, -0.2) is 20.2 Å². The number of fused-ring (bicyclic) bond motifs is 1. The second-order valence-corrected chi connectivity index (χ2v) is 7.61. The summed E-state index contributed by atoms with van der Waals surface area (Å²) in [7, 11) is 1.63. The van der Waals surface area contributed by atoms with Crippen LogP contribution in [0.2, 0.25) is 0 Å². The maximum Gasteiger partial charge on any atom is 0.424 e. The number of ether oxygens (including phenoxy) is 1. The molecule has 0 spiro atoms. The zero-order valence-corrected chi connectivity index (χ0v) is 17.3. The molecule has 1 aromatic carbocycles. The summed E-state index contributed by atoms with van der Waals surface area (Å²) in [4.78, 5) is 20.7. The Bertz CT molecular complexity index is 995. The number of nitrogens with one attached hydrogen (secondary N) is 2. The molecule has 0 aliphatic heterocycles. The first-order chi connectivity index (χ1) is 13.7. The minimum Gasteiger partial charge on any atom is -0.443 e. The molecule has 1 amide bonds. The second-order valence-electron chi connectivity index (χ2n) is 7.61. The lowest BCUT2D eigenvalue weighted by Gasteiger charge is -2.25. The van der Waals surface area contributed by atoms with Gasteiger partial charge in [0.15, 0.2) is 0 Å². The van der Waals surface area contributed by atoms with Gasteiger partial charge in [0.05, 0.1) is 0 Å². The van der Waals surface area contributed by atoms with E-state index in [9.17, 15) is 4.79 Å². The normalized spacial score (nSPS) is 11.5. The average molecular weight is 398 g/mol. The Morgan fingerprint density at radius 3 is 2.72 bits per heavy atom. The number of anilines is 1. The van der Waals surface area contributed by atoms with E-state index in [1.54, 1.807) is 20.2 Å². The SMILES string of the molecule is Cc1nc(-c2ccc3ccnc(NCCNN(C)C(=O)OC(C)(C)C)c3c2)no1. The van der Waals surface area contributed by atoms with Crippen LogP contribution < -0.4 is 10.7 Å². The summed E-state index contributed by atoms with van der Waals surface area (Å²) in [5.41, 5.74) is 3.32. The maximum atomic E-state index is 12.0. The van der Waals surface area contributed by atoms with Crippen molar-refractivity contribution in [3.05, 3.63) is 36.4 Å². The largest absolute Gasteiger partial charge is 0.443 e. The van der Waals surface area contributed by atoms with E-state index in [-0.39, 0.29) is 0 Å². The zero-order chi connectivity index (χ0) is 21.0. The molecule has 0 saturated carbocycles. The standard InChI is InChI=1S/C20H26N6O3/c1-13-24-17(25-29-13)15-7-6-14-8-9-21-18(16(14)12-15)22-10-11-23-26(5)19(27)28-20(2,3)4/h6-9,12,23H,10-11H2,1-5H3,(H,21,22). The van der Waals surface area contributed by atoms with Crippen molar-refractivity contribution in [2.75, 3.05) is 25.5 Å². The van der Waals surface area contributed by atoms with Crippen molar-refractivity contribution in [2.24, 2.45) is 0 Å². The minimum absolute atomic E-state index is 0.430. The number of hydrogen-bond acceptors (Lipinski definition) is 8. The van der Waals surface area contributed by atoms with Crippen molar-refractivity contribution in [1.29, 1.82) is 0 Å². The van der Waals surface area contributed by atoms with Crippen LogP contribution in [0.25, 0.3) is 22.2 Å². The third-order valence-corrected chi connectivity index (χ3v) is 3.99. The number of hydrogen-bond donors (Lipinski definition) is 2. The van der Waals surface area contributed by atoms with Gasteiger partial charge in [-0.3, -0.25) is 0 Å². The zero-order valence-electron chi connectivity index (χ0n) is 17.3. The van der Waals surface area contributed by atoms with Gasteiger partial charge in [0.1, 0.15) is 11.4 Å². The van der Waals surface area contributed by atoms with Gasteiger partial charge in [0.25, 0.3) is 0 Å². The topological polar surface area (TPSA) is 105 Å². The first kappa shape index (κ1) is 20.5. The van der Waals surface area contributed by atoms with Crippen molar-refractivity contribution >= 4 is 22.7 Å². The van der Waals surface area contributed by atoms with Crippen LogP contribution in [0, 0.1) is 6.92 Å². The van der Waals surface area contributed by atoms with Gasteiger partial charge in [-0.1, -0.05) is 17.3 Å². The Balaban J connectivity index is 1.63. The molecular formula is C20H26N6O3. The summed E-state index contributed by atoms with van der Waals surface area (Å²) >= 11 is 0. The number of aromatic nitrogens is 3. The summed E-state index contributed by atoms with van der Waals surface area (Å²) < 4.78 is 10.4. The summed E-state index contributed by atoms with van der Waals surface area (Å²) in [6.45, 7) is 8.32. The Morgan fingerprint density at radius 1 is 1.24 bits per heavy atom. The van der Waals surface area contributed by atoms with Crippen molar-refractivity contribution < 1.29 is 14.1 Å². The number of amides is 1. The molecular weight excluding hydrogens is 372 g/mol. The third-order valence-electron chi connectivity index (χ3n) is 3.99. The smallest absolute Gasteiger partial charge is 0.424 e. The molecule has 0 fully saturated rings. The maximum absolute atomic E-state index is 12.0. The molecule has 3 rings (SSSR count). The molecule has 0 unspecified atom stereocenters. The first-order valence-corrected chi connectivity index (χ1v) is 9.36. The number of nitrogens with zero attached hydrogens (tertiary/aromatic N) is 4. The second kappa shape index (κ2) is 8.44. The lowest BCUT2D eigenvalue weighted by molar-refractivity contribution is 0.0206. The number of carbonyl (C=O) groups excluding carboxylic acids is 1. The fraction of sp³-hybridized carbons (Fsp3) is 0.400. The predicted molar refractivity (Wildman–Crippen MR) is 110 cm³/mol. The van der Waals surface area contributed by atoms with Crippen molar-refractivity contribution in [3.63, 3.8) is 0 Å². The van der Waals surface area contributed by atoms with Gasteiger partial charge in [0.2, 0.25) is 11.7 Å². The summed E-state index contributed by atoms with van der Waals surface area (Å²) in [5, 5.41) is 10.6. The molecule has 3 aromatic rings. The van der Waals surface area contributed by atoms with Crippen LogP contribution >= 0.6 is 0 Å². The number of carbonyl (C=O) groups is 1. The molecule has 9 heteroatoms. The summed E-state index contributed by atoms with van der Waals surface area (Å²) in [6, 6.07) is 7.88. The van der Waals surface area contributed by atoms with E-state index in [4.69, 9.17) is 9.26 Å². The van der Waals surface area contributed by atoms with Gasteiger partial charge in [-0.15, -0.1) is 0 Å². The number of hydrazine groups is 1. The van der Waals surface area contributed by atoms with Crippen LogP contribution in [0.3, 0.4) is 0 Å². The van der Waals surface area contributed by atoms with Gasteiger partial charge in [-0.05, 0) is 38.3 Å². The lowest BCUT2D eigenvalue weighted by Crippen LogP contribution is -2.44. The third kappa shape index (κ3) is 5.41. The highest BCUT2D eigenvalue weighted by Gasteiger charge is 2.19. The average Bonchev–Trinajstić information content (AvgIpc) is 3.09. The van der Waals surface area contributed by atoms with Gasteiger partial charge in [0, 0.05) is 44.2 Å². The van der Waals surface area contributed by atoms with Crippen LogP contribution in [0.5, 0.6) is 0 Å². The molecule has 29 heavy (non-hydrogen) atoms. The number of pyridine rings is 1. The molecule has 0 radical (unpaired) electrons. The van der Waals surface area contributed by atoms with E-state index in [1.807, 2.05) is 45.0 Å². The van der Waals surface area contributed by atoms with Crippen LogP contribution in [-0.2, 0) is 4.74 Å². The minimum atomic E-state index is -0.535. The number of benzene rings is 1. The van der Waals surface area contributed by atoms with Crippen LogP contribution in [0.1, 0.15) is 26.7 Å². The molecule has 154 valence electrons. The molecule has 9 nitrogen and oxygen atoms in total. The predicted octanol–water partition coefficient (Wildman–Crippen LogP) is 3.38. The quantitative estimate of drug-likeness (QED) is 0.481. The Labute approximate surface area is 169 Å². The highest BCUT2D eigenvalue weighted by atomic mass is 16.6. The van der Waals surface area contributed by atoms with Crippen LogP contribution in [-0.4, -0.2) is 52.0 Å². The molecule has 0 bridgehead atoms. The van der Waals surface area contributed by atoms with E-state index in [0.717, 1.165) is 22.2 Å². The molecule has 0 saturated heterocycles. The number of rotatable bonds is 6. The van der Waals surface area contributed by atoms with E-state index in [1.165, 1.54) is 5.01 Å². The van der Waals surface area contributed by atoms with Crippen LogP contribution in [0.15, 0.2) is 35.0 Å². The summed E-state index contributed by atoms with van der Waals surface area (Å²) in [5.74, 6) is 1.80. The molecule has 0 aliphatic rings. The van der Waals surface area contributed by atoms with E-state index in [2.05, 4.69) is 25.9 Å².